The molecule has 0 spiro atoms. The average Bonchev–Trinajstić information content (AvgIpc) is 3.28. The molecular weight excluding hydrogens is 441 g/mol. The van der Waals surface area contributed by atoms with Crippen LogP contribution in [0.15, 0.2) is 122 Å². The zero-order valence-corrected chi connectivity index (χ0v) is 19.5. The number of thiophene rings is 1. The van der Waals surface area contributed by atoms with Gasteiger partial charge >= 0.3 is 0 Å². The van der Waals surface area contributed by atoms with Crippen LogP contribution in [0.4, 0.5) is 0 Å². The second-order valence-corrected chi connectivity index (χ2v) is 11.8. The smallest absolute Gasteiger partial charge is 0.172 e. The van der Waals surface area contributed by atoms with Crippen molar-refractivity contribution in [1.29, 1.82) is 0 Å². The molecule has 0 radical (unpaired) electrons. The molecule has 0 amide bonds. The van der Waals surface area contributed by atoms with Gasteiger partial charge in [-0.05, 0) is 12.1 Å². The second kappa shape index (κ2) is 8.12. The quantitative estimate of drug-likeness (QED) is 0.272. The molecule has 0 unspecified atom stereocenters. The van der Waals surface area contributed by atoms with E-state index < -0.39 is 7.14 Å². The maximum Gasteiger partial charge on any atom is 0.172 e. The third kappa shape index (κ3) is 3.33. The van der Waals surface area contributed by atoms with Gasteiger partial charge < -0.3 is 4.57 Å². The van der Waals surface area contributed by atoms with Crippen LogP contribution in [-0.4, -0.2) is 4.98 Å². The summed E-state index contributed by atoms with van der Waals surface area (Å²) in [6, 6.07) is 36.5. The van der Waals surface area contributed by atoms with Crippen LogP contribution in [0.2, 0.25) is 0 Å². The van der Waals surface area contributed by atoms with Crippen molar-refractivity contribution in [2.24, 2.45) is 0 Å². The van der Waals surface area contributed by atoms with E-state index in [0.29, 0.717) is 0 Å². The van der Waals surface area contributed by atoms with Crippen molar-refractivity contribution in [2.75, 3.05) is 0 Å². The van der Waals surface area contributed by atoms with Crippen LogP contribution < -0.4 is 15.9 Å². The Labute approximate surface area is 196 Å². The molecule has 4 heteroatoms. The normalized spacial score (nSPS) is 11.8. The highest BCUT2D eigenvalue weighted by molar-refractivity contribution is 7.85. The van der Waals surface area contributed by atoms with Crippen LogP contribution in [0.5, 0.6) is 0 Å². The maximum atomic E-state index is 14.8. The van der Waals surface area contributed by atoms with Gasteiger partial charge in [-0.15, -0.1) is 11.3 Å². The SMILES string of the molecule is O=P(c1ccccc1)(c1ccccc1)c1cncc(-c2cccc3c2sc2ccccc23)c1. The molecule has 2 aromatic heterocycles. The van der Waals surface area contributed by atoms with Gasteiger partial charge in [0, 0.05) is 59.6 Å². The molecule has 6 rings (SSSR count). The summed E-state index contributed by atoms with van der Waals surface area (Å²) in [6.45, 7) is 0. The predicted octanol–water partition coefficient (Wildman–Crippen LogP) is 6.76. The largest absolute Gasteiger partial charge is 0.309 e. The number of aromatic nitrogens is 1. The van der Waals surface area contributed by atoms with Gasteiger partial charge in [0.25, 0.3) is 0 Å². The summed E-state index contributed by atoms with van der Waals surface area (Å²) in [7, 11) is -3.07. The van der Waals surface area contributed by atoms with Crippen LogP contribution in [0.1, 0.15) is 0 Å². The van der Waals surface area contributed by atoms with E-state index in [9.17, 15) is 4.57 Å². The number of hydrogen-bond acceptors (Lipinski definition) is 3. The molecule has 4 aromatic carbocycles. The van der Waals surface area contributed by atoms with E-state index in [4.69, 9.17) is 0 Å². The van der Waals surface area contributed by atoms with Gasteiger partial charge in [-0.1, -0.05) is 97.1 Å². The first kappa shape index (κ1) is 20.1. The van der Waals surface area contributed by atoms with Gasteiger partial charge in [0.1, 0.15) is 0 Å². The average molecular weight is 462 g/mol. The summed E-state index contributed by atoms with van der Waals surface area (Å²) in [4.78, 5) is 4.57. The first-order chi connectivity index (χ1) is 16.2. The molecule has 0 N–H and O–H groups in total. The number of benzene rings is 4. The number of rotatable bonds is 4. The second-order valence-electron chi connectivity index (χ2n) is 7.99. The Hall–Kier alpha value is -3.52. The molecule has 0 saturated carbocycles. The lowest BCUT2D eigenvalue weighted by Gasteiger charge is -2.20. The van der Waals surface area contributed by atoms with Gasteiger partial charge in [-0.3, -0.25) is 4.98 Å². The Balaban J connectivity index is 1.58. The molecule has 0 aliphatic rings. The van der Waals surface area contributed by atoms with Crippen LogP contribution >= 0.6 is 18.5 Å². The zero-order valence-electron chi connectivity index (χ0n) is 17.8. The fourth-order valence-corrected chi connectivity index (χ4v) is 8.31. The van der Waals surface area contributed by atoms with Crippen molar-refractivity contribution in [3.63, 3.8) is 0 Å². The Kier molecular flexibility index (Phi) is 4.95. The standard InChI is InChI=1S/C29H20NOPS/c31-32(22-10-3-1-4-11-22,23-12-5-2-6-13-23)24-18-21(19-30-20-24)25-15-9-16-27-26-14-7-8-17-28(26)33-29(25)27/h1-20H. The lowest BCUT2D eigenvalue weighted by Crippen LogP contribution is -2.25. The lowest BCUT2D eigenvalue weighted by molar-refractivity contribution is 0.592. The zero-order chi connectivity index (χ0) is 22.3. The Morgan fingerprint density at radius 3 is 1.97 bits per heavy atom. The molecule has 158 valence electrons. The Morgan fingerprint density at radius 1 is 0.606 bits per heavy atom. The van der Waals surface area contributed by atoms with Gasteiger partial charge in [0.15, 0.2) is 7.14 Å². The molecule has 2 nitrogen and oxygen atoms in total. The lowest BCUT2D eigenvalue weighted by atomic mass is 10.0. The van der Waals surface area contributed by atoms with Crippen molar-refractivity contribution >= 4 is 54.6 Å². The van der Waals surface area contributed by atoms with E-state index in [1.54, 1.807) is 17.5 Å². The molecule has 0 atom stereocenters. The number of nitrogens with zero attached hydrogens (tertiary/aromatic N) is 1. The fourth-order valence-electron chi connectivity index (χ4n) is 4.44. The van der Waals surface area contributed by atoms with Gasteiger partial charge in [-0.25, -0.2) is 0 Å². The minimum Gasteiger partial charge on any atom is -0.309 e. The minimum absolute atomic E-state index is 0.746. The Morgan fingerprint density at radius 2 is 1.24 bits per heavy atom. The van der Waals surface area contributed by atoms with Crippen LogP contribution in [0.25, 0.3) is 31.3 Å². The monoisotopic (exact) mass is 461 g/mol. The van der Waals surface area contributed by atoms with E-state index in [1.165, 1.54) is 20.2 Å². The van der Waals surface area contributed by atoms with E-state index in [0.717, 1.165) is 27.0 Å². The summed E-state index contributed by atoms with van der Waals surface area (Å²) in [5.74, 6) is 0. The molecule has 0 aliphatic carbocycles. The molecule has 0 bridgehead atoms. The summed E-state index contributed by atoms with van der Waals surface area (Å²) in [5.41, 5.74) is 2.10. The van der Waals surface area contributed by atoms with Crippen molar-refractivity contribution in [3.8, 4) is 11.1 Å². The molecule has 0 saturated heterocycles. The van der Waals surface area contributed by atoms with E-state index >= 15 is 0 Å². The van der Waals surface area contributed by atoms with E-state index in [2.05, 4.69) is 53.5 Å². The van der Waals surface area contributed by atoms with E-state index in [-0.39, 0.29) is 0 Å². The minimum atomic E-state index is -3.07. The summed E-state index contributed by atoms with van der Waals surface area (Å²) in [6.07, 6.45) is 3.64. The summed E-state index contributed by atoms with van der Waals surface area (Å²) < 4.78 is 17.3. The molecule has 0 aliphatic heterocycles. The molecule has 2 heterocycles. The first-order valence-electron chi connectivity index (χ1n) is 10.8. The third-order valence-electron chi connectivity index (χ3n) is 6.04. The van der Waals surface area contributed by atoms with Crippen LogP contribution in [-0.2, 0) is 4.57 Å². The maximum absolute atomic E-state index is 14.8. The van der Waals surface area contributed by atoms with Crippen LogP contribution in [0.3, 0.4) is 0 Å². The highest BCUT2D eigenvalue weighted by atomic mass is 32.1. The molecule has 33 heavy (non-hydrogen) atoms. The predicted molar refractivity (Wildman–Crippen MR) is 142 cm³/mol. The number of hydrogen-bond donors (Lipinski definition) is 0. The molecule has 6 aromatic rings. The van der Waals surface area contributed by atoms with Crippen molar-refractivity contribution < 1.29 is 4.57 Å². The van der Waals surface area contributed by atoms with E-state index in [1.807, 2.05) is 66.9 Å². The Bertz CT molecular complexity index is 1600. The molecule has 0 fully saturated rings. The fraction of sp³-hybridized carbons (Fsp3) is 0. The van der Waals surface area contributed by atoms with Gasteiger partial charge in [-0.2, -0.15) is 0 Å². The summed E-state index contributed by atoms with van der Waals surface area (Å²) in [5, 5.41) is 4.89. The summed E-state index contributed by atoms with van der Waals surface area (Å²) >= 11 is 1.79. The van der Waals surface area contributed by atoms with Crippen LogP contribution in [0, 0.1) is 0 Å². The van der Waals surface area contributed by atoms with Gasteiger partial charge in [0.05, 0.1) is 0 Å². The third-order valence-corrected chi connectivity index (χ3v) is 10.3. The number of pyridine rings is 1. The highest BCUT2D eigenvalue weighted by Crippen LogP contribution is 2.44. The van der Waals surface area contributed by atoms with Crippen molar-refractivity contribution in [2.45, 2.75) is 0 Å². The number of fused-ring (bicyclic) bond motifs is 3. The van der Waals surface area contributed by atoms with Crippen molar-refractivity contribution in [1.82, 2.24) is 4.98 Å². The first-order valence-corrected chi connectivity index (χ1v) is 13.3. The highest BCUT2D eigenvalue weighted by Gasteiger charge is 2.30. The van der Waals surface area contributed by atoms with Gasteiger partial charge in [0.2, 0.25) is 0 Å². The van der Waals surface area contributed by atoms with Crippen molar-refractivity contribution in [3.05, 3.63) is 122 Å². The molecular formula is C29H20NOPS. The topological polar surface area (TPSA) is 30.0 Å².